The highest BCUT2D eigenvalue weighted by molar-refractivity contribution is 6.37. The molecule has 0 radical (unpaired) electrons. The average molecular weight is 474 g/mol. The molecule has 0 bridgehead atoms. The Hall–Kier alpha value is -3.18. The minimum atomic E-state index is 0.340. The Morgan fingerprint density at radius 3 is 2.41 bits per heavy atom. The molecule has 0 saturated carbocycles. The normalized spacial score (nSPS) is 10.4. The smallest absolute Gasteiger partial charge is 0.161 e. The SMILES string of the molecule is COCCOc1ccc(-c2cncc(C#N)c2Nc2cc(OC)c(Cl)cc2Cl)cc1OC. The standard InChI is InChI=1S/C23H21Cl2N3O4/c1-29-6-7-32-20-5-4-14(8-22(20)31-3)16-13-27-12-15(11-26)23(16)28-19-10-21(30-2)18(25)9-17(19)24/h4-5,8-10,12-13H,6-7H2,1-3H3,(H,27,28). The Morgan fingerprint density at radius 2 is 1.72 bits per heavy atom. The Balaban J connectivity index is 2.05. The highest BCUT2D eigenvalue weighted by Gasteiger charge is 2.16. The summed E-state index contributed by atoms with van der Waals surface area (Å²) in [6, 6.07) is 10.9. The fourth-order valence-corrected chi connectivity index (χ4v) is 3.51. The first-order valence-corrected chi connectivity index (χ1v) is 10.3. The summed E-state index contributed by atoms with van der Waals surface area (Å²) in [6.45, 7) is 0.847. The van der Waals surface area contributed by atoms with E-state index >= 15 is 0 Å². The van der Waals surface area contributed by atoms with E-state index < -0.39 is 0 Å². The van der Waals surface area contributed by atoms with Crippen molar-refractivity contribution in [3.05, 3.63) is 58.3 Å². The predicted octanol–water partition coefficient (Wildman–Crippen LogP) is 5.71. The zero-order valence-electron chi connectivity index (χ0n) is 17.7. The summed E-state index contributed by atoms with van der Waals surface area (Å²) in [5.41, 5.74) is 2.85. The van der Waals surface area contributed by atoms with E-state index in [1.165, 1.54) is 13.3 Å². The van der Waals surface area contributed by atoms with Crippen LogP contribution in [0, 0.1) is 11.3 Å². The summed E-state index contributed by atoms with van der Waals surface area (Å²) < 4.78 is 21.5. The molecule has 1 aromatic heterocycles. The van der Waals surface area contributed by atoms with Gasteiger partial charge < -0.3 is 24.3 Å². The molecule has 0 saturated heterocycles. The number of halogens is 2. The molecule has 7 nitrogen and oxygen atoms in total. The maximum Gasteiger partial charge on any atom is 0.161 e. The molecule has 0 aliphatic carbocycles. The van der Waals surface area contributed by atoms with E-state index in [9.17, 15) is 5.26 Å². The first-order chi connectivity index (χ1) is 15.5. The molecule has 9 heteroatoms. The van der Waals surface area contributed by atoms with E-state index in [4.69, 9.17) is 42.1 Å². The lowest BCUT2D eigenvalue weighted by atomic mass is 10.0. The minimum Gasteiger partial charge on any atom is -0.495 e. The summed E-state index contributed by atoms with van der Waals surface area (Å²) >= 11 is 12.5. The van der Waals surface area contributed by atoms with Crippen molar-refractivity contribution in [2.75, 3.05) is 39.9 Å². The van der Waals surface area contributed by atoms with Crippen LogP contribution in [-0.2, 0) is 4.74 Å². The van der Waals surface area contributed by atoms with Crippen LogP contribution in [0.25, 0.3) is 11.1 Å². The second-order valence-corrected chi connectivity index (χ2v) is 7.33. The van der Waals surface area contributed by atoms with Crippen LogP contribution in [0.4, 0.5) is 11.4 Å². The van der Waals surface area contributed by atoms with Gasteiger partial charge in [-0.05, 0) is 23.8 Å². The Labute approximate surface area is 196 Å². The lowest BCUT2D eigenvalue weighted by molar-refractivity contribution is 0.144. The van der Waals surface area contributed by atoms with Gasteiger partial charge in [-0.25, -0.2) is 0 Å². The number of nitrogens with zero attached hydrogens (tertiary/aromatic N) is 2. The lowest BCUT2D eigenvalue weighted by Gasteiger charge is -2.17. The number of hydrogen-bond donors (Lipinski definition) is 1. The second-order valence-electron chi connectivity index (χ2n) is 6.52. The number of rotatable bonds is 9. The Kier molecular flexibility index (Phi) is 8.01. The van der Waals surface area contributed by atoms with Crippen LogP contribution < -0.4 is 19.5 Å². The molecule has 0 spiro atoms. The number of anilines is 2. The van der Waals surface area contributed by atoms with E-state index in [1.807, 2.05) is 12.1 Å². The van der Waals surface area contributed by atoms with E-state index in [0.717, 1.165) is 5.56 Å². The van der Waals surface area contributed by atoms with Crippen molar-refractivity contribution in [2.45, 2.75) is 0 Å². The van der Waals surface area contributed by atoms with Crippen LogP contribution in [0.5, 0.6) is 17.2 Å². The summed E-state index contributed by atoms with van der Waals surface area (Å²) in [7, 11) is 4.68. The van der Waals surface area contributed by atoms with Crippen molar-refractivity contribution >= 4 is 34.6 Å². The van der Waals surface area contributed by atoms with E-state index in [0.29, 0.717) is 63.0 Å². The van der Waals surface area contributed by atoms with Gasteiger partial charge in [0.1, 0.15) is 18.4 Å². The van der Waals surface area contributed by atoms with Crippen LogP contribution >= 0.6 is 23.2 Å². The van der Waals surface area contributed by atoms with E-state index in [1.54, 1.807) is 38.6 Å². The topological polar surface area (TPSA) is 85.6 Å². The number of hydrogen-bond acceptors (Lipinski definition) is 7. The highest BCUT2D eigenvalue weighted by atomic mass is 35.5. The van der Waals surface area contributed by atoms with Crippen LogP contribution in [0.15, 0.2) is 42.7 Å². The Morgan fingerprint density at radius 1 is 0.938 bits per heavy atom. The van der Waals surface area contributed by atoms with Crippen molar-refractivity contribution < 1.29 is 18.9 Å². The maximum atomic E-state index is 9.68. The number of benzene rings is 2. The quantitative estimate of drug-likeness (QED) is 0.398. The summed E-state index contributed by atoms with van der Waals surface area (Å²) in [5, 5.41) is 13.7. The molecule has 1 N–H and O–H groups in total. The summed E-state index contributed by atoms with van der Waals surface area (Å²) in [5.74, 6) is 1.57. The molecule has 3 aromatic rings. The van der Waals surface area contributed by atoms with Crippen LogP contribution in [0.3, 0.4) is 0 Å². The summed E-state index contributed by atoms with van der Waals surface area (Å²) in [6.07, 6.45) is 3.14. The molecule has 0 aliphatic heterocycles. The molecule has 3 rings (SSSR count). The number of methoxy groups -OCH3 is 3. The van der Waals surface area contributed by atoms with Gasteiger partial charge in [-0.2, -0.15) is 5.26 Å². The second kappa shape index (κ2) is 10.9. The monoisotopic (exact) mass is 473 g/mol. The van der Waals surface area contributed by atoms with Crippen LogP contribution in [0.1, 0.15) is 5.56 Å². The average Bonchev–Trinajstić information content (AvgIpc) is 2.81. The lowest BCUT2D eigenvalue weighted by Crippen LogP contribution is -2.05. The third-order valence-electron chi connectivity index (χ3n) is 4.59. The number of aromatic nitrogens is 1. The van der Waals surface area contributed by atoms with Gasteiger partial charge >= 0.3 is 0 Å². The first-order valence-electron chi connectivity index (χ1n) is 9.50. The molecular formula is C23H21Cl2N3O4. The molecule has 2 aromatic carbocycles. The molecule has 0 fully saturated rings. The van der Waals surface area contributed by atoms with Gasteiger partial charge in [0.2, 0.25) is 0 Å². The number of nitrogens with one attached hydrogen (secondary N) is 1. The third-order valence-corrected chi connectivity index (χ3v) is 5.20. The van der Waals surface area contributed by atoms with Crippen molar-refractivity contribution in [3.63, 3.8) is 0 Å². The molecule has 0 aliphatic rings. The van der Waals surface area contributed by atoms with Gasteiger partial charge in [0.05, 0.1) is 47.8 Å². The molecule has 32 heavy (non-hydrogen) atoms. The molecule has 0 atom stereocenters. The van der Waals surface area contributed by atoms with Gasteiger partial charge in [-0.15, -0.1) is 0 Å². The predicted molar refractivity (Wildman–Crippen MR) is 125 cm³/mol. The Bertz CT molecular complexity index is 1150. The van der Waals surface area contributed by atoms with Gasteiger partial charge in [0, 0.05) is 31.1 Å². The maximum absolute atomic E-state index is 9.68. The fourth-order valence-electron chi connectivity index (χ4n) is 3.00. The van der Waals surface area contributed by atoms with Crippen molar-refractivity contribution in [1.82, 2.24) is 4.98 Å². The van der Waals surface area contributed by atoms with Crippen LogP contribution in [-0.4, -0.2) is 39.5 Å². The van der Waals surface area contributed by atoms with E-state index in [-0.39, 0.29) is 0 Å². The fraction of sp³-hybridized carbons (Fsp3) is 0.217. The van der Waals surface area contributed by atoms with Crippen LogP contribution in [0.2, 0.25) is 10.0 Å². The van der Waals surface area contributed by atoms with Crippen molar-refractivity contribution in [1.29, 1.82) is 5.26 Å². The largest absolute Gasteiger partial charge is 0.495 e. The number of pyridine rings is 1. The zero-order valence-corrected chi connectivity index (χ0v) is 19.3. The number of ether oxygens (including phenoxy) is 4. The zero-order chi connectivity index (χ0) is 23.1. The minimum absolute atomic E-state index is 0.340. The summed E-state index contributed by atoms with van der Waals surface area (Å²) in [4.78, 5) is 4.21. The third kappa shape index (κ3) is 5.17. The molecule has 0 amide bonds. The van der Waals surface area contributed by atoms with E-state index in [2.05, 4.69) is 16.4 Å². The molecular weight excluding hydrogens is 453 g/mol. The number of nitriles is 1. The highest BCUT2D eigenvalue weighted by Crippen LogP contribution is 2.40. The van der Waals surface area contributed by atoms with Gasteiger partial charge in [0.15, 0.2) is 11.5 Å². The van der Waals surface area contributed by atoms with Crippen molar-refractivity contribution in [2.24, 2.45) is 0 Å². The first kappa shape index (κ1) is 23.5. The van der Waals surface area contributed by atoms with Gasteiger partial charge in [-0.1, -0.05) is 29.3 Å². The van der Waals surface area contributed by atoms with Gasteiger partial charge in [-0.3, -0.25) is 4.98 Å². The van der Waals surface area contributed by atoms with Gasteiger partial charge in [0.25, 0.3) is 0 Å². The molecule has 0 unspecified atom stereocenters. The molecule has 1 heterocycles. The molecule has 166 valence electrons. The van der Waals surface area contributed by atoms with Crippen molar-refractivity contribution in [3.8, 4) is 34.4 Å².